The molecule has 0 unspecified atom stereocenters. The van der Waals surface area contributed by atoms with Crippen LogP contribution >= 0.6 is 0 Å². The van der Waals surface area contributed by atoms with Gasteiger partial charge in [0, 0.05) is 38.3 Å². The smallest absolute Gasteiger partial charge is 0.113 e. The van der Waals surface area contributed by atoms with Crippen LogP contribution in [-0.2, 0) is 31.1 Å². The molecule has 0 spiro atoms. The molecule has 0 saturated heterocycles. The van der Waals surface area contributed by atoms with Crippen LogP contribution in [0.5, 0.6) is 0 Å². The largest absolute Gasteiger partial charge is 0.355 e. The van der Waals surface area contributed by atoms with Crippen LogP contribution in [-0.4, -0.2) is 24.9 Å². The van der Waals surface area contributed by atoms with Crippen LogP contribution in [0.2, 0.25) is 0 Å². The molecule has 0 fully saturated rings. The minimum atomic E-state index is -0.309. The molecule has 5 heteroatoms. The number of hydrogen-bond acceptors (Lipinski definition) is 3. The molecule has 0 radical (unpaired) electrons. The van der Waals surface area contributed by atoms with Crippen molar-refractivity contribution in [3.63, 3.8) is 0 Å². The predicted molar refractivity (Wildman–Crippen MR) is 242 cm³/mol. The van der Waals surface area contributed by atoms with E-state index in [1.54, 1.807) is 0 Å². The zero-order valence-corrected chi connectivity index (χ0v) is 34.8. The molecule has 0 amide bonds. The van der Waals surface area contributed by atoms with Crippen molar-refractivity contribution in [2.24, 2.45) is 0 Å². The maximum Gasteiger partial charge on any atom is 0.113 e. The minimum Gasteiger partial charge on any atom is -0.355 e. The third-order valence-electron chi connectivity index (χ3n) is 14.0. The van der Waals surface area contributed by atoms with Crippen LogP contribution in [0.15, 0.2) is 66.7 Å². The first-order valence-electron chi connectivity index (χ1n) is 21.7. The standard InChI is InChI=1S/C52H53N5/c1-9-28-29(10-2)42-26-43-32(13-5)33(14-6)49(55-43)51-50-47(39-24-38-35-21-18-17-20-34(35)36-22-19-23-37(46(36)38)48(39)57-51)52(15-7,16-8)45(56-50)27-44-31(12-4)30(11-3)41(54-44)25-40(28)53-42/h17-27,54-55H,9-16H2,1-8H3. The molecular formula is C52H53N5. The van der Waals surface area contributed by atoms with E-state index in [0.29, 0.717) is 0 Å². The average molecular weight is 748 g/mol. The second kappa shape index (κ2) is 13.3. The van der Waals surface area contributed by atoms with E-state index in [1.807, 2.05) is 0 Å². The number of nitrogens with zero attached hydrogens (tertiary/aromatic N) is 3. The van der Waals surface area contributed by atoms with Gasteiger partial charge in [-0.1, -0.05) is 97.9 Å². The third-order valence-corrected chi connectivity index (χ3v) is 14.0. The SMILES string of the molecule is CCC1=C(CC)c2cc3[nH]c(c(CC)c3CC)c3nc4c(cc5c6c(cccc64)-c4ccccc4-5)c4c3nc(cc3[nH]c(cc1n2)c(CC)c3CC)C4(CC)CC. The molecule has 6 heterocycles. The van der Waals surface area contributed by atoms with Gasteiger partial charge in [-0.15, -0.1) is 0 Å². The first-order valence-corrected chi connectivity index (χ1v) is 21.7. The molecule has 286 valence electrons. The highest BCUT2D eigenvalue weighted by atomic mass is 14.9. The highest BCUT2D eigenvalue weighted by molar-refractivity contribution is 6.24. The van der Waals surface area contributed by atoms with Crippen LogP contribution < -0.4 is 0 Å². The van der Waals surface area contributed by atoms with E-state index in [0.717, 1.165) is 96.0 Å². The summed E-state index contributed by atoms with van der Waals surface area (Å²) in [5, 5.41) is 3.75. The first kappa shape index (κ1) is 35.8. The monoisotopic (exact) mass is 747 g/mol. The summed E-state index contributed by atoms with van der Waals surface area (Å²) in [5.74, 6) is 0. The van der Waals surface area contributed by atoms with Gasteiger partial charge in [0.25, 0.3) is 0 Å². The Balaban J connectivity index is 1.48. The second-order valence-corrected chi connectivity index (χ2v) is 16.2. The van der Waals surface area contributed by atoms with Crippen molar-refractivity contribution in [3.8, 4) is 22.3 Å². The summed E-state index contributed by atoms with van der Waals surface area (Å²) in [6.45, 7) is 18.4. The van der Waals surface area contributed by atoms with Gasteiger partial charge in [-0.05, 0) is 137 Å². The summed E-state index contributed by atoms with van der Waals surface area (Å²) in [6.07, 6.45) is 7.43. The molecule has 4 aromatic heterocycles. The molecule has 3 aliphatic rings. The maximum absolute atomic E-state index is 5.83. The Labute approximate surface area is 335 Å². The second-order valence-electron chi connectivity index (χ2n) is 16.2. The highest BCUT2D eigenvalue weighted by Gasteiger charge is 2.41. The molecule has 0 atom stereocenters. The van der Waals surface area contributed by atoms with Crippen molar-refractivity contribution >= 4 is 65.9 Å². The lowest BCUT2D eigenvalue weighted by Gasteiger charge is -2.29. The van der Waals surface area contributed by atoms with Gasteiger partial charge in [0.1, 0.15) is 5.52 Å². The number of benzene rings is 3. The number of aryl methyl sites for hydroxylation is 4. The summed E-state index contributed by atoms with van der Waals surface area (Å²) in [6, 6.07) is 25.3. The van der Waals surface area contributed by atoms with E-state index in [1.165, 1.54) is 88.4 Å². The van der Waals surface area contributed by atoms with Crippen LogP contribution in [0.25, 0.3) is 88.2 Å². The van der Waals surface area contributed by atoms with Crippen molar-refractivity contribution in [1.82, 2.24) is 24.9 Å². The molecule has 5 nitrogen and oxygen atoms in total. The number of allylic oxidation sites excluding steroid dienone is 2. The minimum absolute atomic E-state index is 0.309. The molecule has 8 bridgehead atoms. The average Bonchev–Trinajstić information content (AvgIpc) is 4.03. The number of pyridine rings is 1. The molecule has 1 aliphatic carbocycles. The predicted octanol–water partition coefficient (Wildman–Crippen LogP) is 13.9. The number of nitrogens with one attached hydrogen (secondary N) is 2. The Morgan fingerprint density at radius 3 is 1.67 bits per heavy atom. The van der Waals surface area contributed by atoms with Gasteiger partial charge in [-0.25, -0.2) is 15.0 Å². The Morgan fingerprint density at radius 2 is 1.05 bits per heavy atom. The zero-order chi connectivity index (χ0) is 39.3. The molecule has 2 aliphatic heterocycles. The van der Waals surface area contributed by atoms with Crippen molar-refractivity contribution in [1.29, 1.82) is 0 Å². The number of aromatic nitrogens is 5. The maximum atomic E-state index is 5.83. The molecule has 10 rings (SSSR count). The zero-order valence-electron chi connectivity index (χ0n) is 34.8. The van der Waals surface area contributed by atoms with E-state index in [4.69, 9.17) is 15.0 Å². The van der Waals surface area contributed by atoms with Crippen LogP contribution in [0.1, 0.15) is 126 Å². The molecule has 3 aromatic carbocycles. The molecule has 2 N–H and O–H groups in total. The van der Waals surface area contributed by atoms with Gasteiger partial charge in [0.05, 0.1) is 33.6 Å². The van der Waals surface area contributed by atoms with Gasteiger partial charge in [-0.3, -0.25) is 0 Å². The van der Waals surface area contributed by atoms with E-state index < -0.39 is 0 Å². The fourth-order valence-corrected chi connectivity index (χ4v) is 11.2. The lowest BCUT2D eigenvalue weighted by atomic mass is 9.72. The highest BCUT2D eigenvalue weighted by Crippen LogP contribution is 2.54. The van der Waals surface area contributed by atoms with Crippen LogP contribution in [0.3, 0.4) is 0 Å². The summed E-state index contributed by atoms with van der Waals surface area (Å²) in [5.41, 5.74) is 25.3. The molecule has 57 heavy (non-hydrogen) atoms. The third kappa shape index (κ3) is 4.78. The number of H-pyrrole nitrogens is 2. The van der Waals surface area contributed by atoms with Crippen LogP contribution in [0.4, 0.5) is 0 Å². The van der Waals surface area contributed by atoms with E-state index in [-0.39, 0.29) is 5.41 Å². The van der Waals surface area contributed by atoms with Gasteiger partial charge in [0.15, 0.2) is 0 Å². The molecular weight excluding hydrogens is 695 g/mol. The fraction of sp³-hybridized carbons (Fsp3) is 0.327. The Morgan fingerprint density at radius 1 is 0.474 bits per heavy atom. The lowest BCUT2D eigenvalue weighted by Crippen LogP contribution is -2.24. The number of rotatable bonds is 8. The van der Waals surface area contributed by atoms with Crippen molar-refractivity contribution in [2.45, 2.75) is 112 Å². The van der Waals surface area contributed by atoms with Crippen molar-refractivity contribution in [2.75, 3.05) is 0 Å². The van der Waals surface area contributed by atoms with E-state index >= 15 is 0 Å². The molecule has 0 saturated carbocycles. The van der Waals surface area contributed by atoms with Crippen LogP contribution in [0, 0.1) is 0 Å². The Hall–Kier alpha value is -5.55. The van der Waals surface area contributed by atoms with Crippen molar-refractivity contribution in [3.05, 3.63) is 112 Å². The summed E-state index contributed by atoms with van der Waals surface area (Å²) in [4.78, 5) is 25.1. The summed E-state index contributed by atoms with van der Waals surface area (Å²) in [7, 11) is 0. The Kier molecular flexibility index (Phi) is 8.34. The lowest BCUT2D eigenvalue weighted by molar-refractivity contribution is 0.486. The Bertz CT molecular complexity index is 3060. The topological polar surface area (TPSA) is 70.2 Å². The number of fused-ring (bicyclic) bond motifs is 14. The number of hydrogen-bond donors (Lipinski definition) is 2. The van der Waals surface area contributed by atoms with Gasteiger partial charge in [-0.2, -0.15) is 0 Å². The van der Waals surface area contributed by atoms with E-state index in [9.17, 15) is 0 Å². The summed E-state index contributed by atoms with van der Waals surface area (Å²) >= 11 is 0. The number of aromatic amines is 2. The van der Waals surface area contributed by atoms with Crippen molar-refractivity contribution < 1.29 is 0 Å². The quantitative estimate of drug-likeness (QED) is 0.152. The summed E-state index contributed by atoms with van der Waals surface area (Å²) < 4.78 is 0. The first-order chi connectivity index (χ1) is 27.9. The fourth-order valence-electron chi connectivity index (χ4n) is 11.2. The normalized spacial score (nSPS) is 14.2. The molecule has 7 aromatic rings. The van der Waals surface area contributed by atoms with Gasteiger partial charge < -0.3 is 9.97 Å². The van der Waals surface area contributed by atoms with E-state index in [2.05, 4.69) is 132 Å². The van der Waals surface area contributed by atoms with Gasteiger partial charge >= 0.3 is 0 Å². The van der Waals surface area contributed by atoms with Gasteiger partial charge in [0.2, 0.25) is 0 Å².